The molecule has 0 aliphatic rings. The maximum Gasteiger partial charge on any atom is 0.119 e. The quantitative estimate of drug-likeness (QED) is 0.630. The lowest BCUT2D eigenvalue weighted by Gasteiger charge is -2.11. The molecule has 0 atom stereocenters. The van der Waals surface area contributed by atoms with E-state index in [4.69, 9.17) is 9.47 Å². The van der Waals surface area contributed by atoms with Crippen LogP contribution in [0.1, 0.15) is 18.9 Å². The van der Waals surface area contributed by atoms with Crippen LogP contribution in [0, 0.1) is 0 Å². The highest BCUT2D eigenvalue weighted by Gasteiger charge is 1.96. The summed E-state index contributed by atoms with van der Waals surface area (Å²) < 4.78 is 11.1. The van der Waals surface area contributed by atoms with Crippen LogP contribution in [0.5, 0.6) is 5.75 Å². The van der Waals surface area contributed by atoms with Gasteiger partial charge in [-0.3, -0.25) is 0 Å². The van der Waals surface area contributed by atoms with Gasteiger partial charge in [-0.1, -0.05) is 19.1 Å². The largest absolute Gasteiger partial charge is 0.491 e. The zero-order chi connectivity index (χ0) is 14.6. The first-order valence-corrected chi connectivity index (χ1v) is 7.37. The highest BCUT2D eigenvalue weighted by molar-refractivity contribution is 5.27. The Labute approximate surface area is 123 Å². The van der Waals surface area contributed by atoms with Gasteiger partial charge >= 0.3 is 0 Å². The van der Waals surface area contributed by atoms with Gasteiger partial charge < -0.3 is 19.7 Å². The van der Waals surface area contributed by atoms with Gasteiger partial charge in [-0.05, 0) is 44.8 Å². The summed E-state index contributed by atoms with van der Waals surface area (Å²) in [5, 5.41) is 3.38. The summed E-state index contributed by atoms with van der Waals surface area (Å²) in [7, 11) is 4.08. The van der Waals surface area contributed by atoms with Gasteiger partial charge in [0, 0.05) is 13.1 Å². The summed E-state index contributed by atoms with van der Waals surface area (Å²) in [6.07, 6.45) is 1.16. The van der Waals surface area contributed by atoms with Gasteiger partial charge in [0.1, 0.15) is 12.4 Å². The lowest BCUT2D eigenvalue weighted by molar-refractivity contribution is 0.0890. The van der Waals surface area contributed by atoms with Crippen molar-refractivity contribution in [1.82, 2.24) is 10.2 Å². The predicted octanol–water partition coefficient (Wildman–Crippen LogP) is 2.14. The van der Waals surface area contributed by atoms with Crippen LogP contribution in [0.4, 0.5) is 0 Å². The Morgan fingerprint density at radius 1 is 1.05 bits per heavy atom. The average Bonchev–Trinajstić information content (AvgIpc) is 2.44. The standard InChI is InChI=1S/C16H28N2O2/c1-4-9-17-14-15-5-7-16(8-6-15)20-13-12-19-11-10-18(2)3/h5-8,17H,4,9-14H2,1-3H3. The highest BCUT2D eigenvalue weighted by atomic mass is 16.5. The summed E-state index contributed by atoms with van der Waals surface area (Å²) >= 11 is 0. The van der Waals surface area contributed by atoms with Gasteiger partial charge in [0.25, 0.3) is 0 Å². The van der Waals surface area contributed by atoms with Crippen molar-refractivity contribution in [2.24, 2.45) is 0 Å². The molecule has 0 fully saturated rings. The molecule has 20 heavy (non-hydrogen) atoms. The van der Waals surface area contributed by atoms with Crippen LogP contribution < -0.4 is 10.1 Å². The van der Waals surface area contributed by atoms with Crippen molar-refractivity contribution in [1.29, 1.82) is 0 Å². The second-order valence-corrected chi connectivity index (χ2v) is 5.08. The maximum atomic E-state index is 5.63. The maximum absolute atomic E-state index is 5.63. The number of likely N-dealkylation sites (N-methyl/N-ethyl adjacent to an activating group) is 1. The number of rotatable bonds is 11. The summed E-state index contributed by atoms with van der Waals surface area (Å²) in [5.41, 5.74) is 1.29. The van der Waals surface area contributed by atoms with Crippen LogP contribution in [0.15, 0.2) is 24.3 Å². The molecular weight excluding hydrogens is 252 g/mol. The van der Waals surface area contributed by atoms with Crippen LogP contribution in [0.3, 0.4) is 0 Å². The molecule has 4 heteroatoms. The minimum Gasteiger partial charge on any atom is -0.491 e. The van der Waals surface area contributed by atoms with Crippen molar-refractivity contribution >= 4 is 0 Å². The van der Waals surface area contributed by atoms with E-state index in [0.29, 0.717) is 13.2 Å². The lowest BCUT2D eigenvalue weighted by atomic mass is 10.2. The predicted molar refractivity (Wildman–Crippen MR) is 83.3 cm³/mol. The normalized spacial score (nSPS) is 11.0. The molecule has 1 rings (SSSR count). The third-order valence-electron chi connectivity index (χ3n) is 2.86. The van der Waals surface area contributed by atoms with E-state index in [1.807, 2.05) is 26.2 Å². The molecule has 0 saturated heterocycles. The minimum absolute atomic E-state index is 0.598. The third kappa shape index (κ3) is 8.15. The number of ether oxygens (including phenoxy) is 2. The van der Waals surface area contributed by atoms with E-state index in [1.54, 1.807) is 0 Å². The smallest absolute Gasteiger partial charge is 0.119 e. The van der Waals surface area contributed by atoms with Crippen LogP contribution in [-0.4, -0.2) is 51.9 Å². The van der Waals surface area contributed by atoms with Gasteiger partial charge in [-0.2, -0.15) is 0 Å². The topological polar surface area (TPSA) is 33.7 Å². The molecule has 0 saturated carbocycles. The first-order valence-electron chi connectivity index (χ1n) is 7.37. The Bertz CT molecular complexity index is 339. The monoisotopic (exact) mass is 280 g/mol. The molecule has 0 amide bonds. The van der Waals surface area contributed by atoms with Crippen molar-refractivity contribution in [3.05, 3.63) is 29.8 Å². The lowest BCUT2D eigenvalue weighted by Crippen LogP contribution is -2.19. The molecule has 1 aromatic rings. The molecule has 4 nitrogen and oxygen atoms in total. The van der Waals surface area contributed by atoms with E-state index < -0.39 is 0 Å². The molecule has 0 unspecified atom stereocenters. The van der Waals surface area contributed by atoms with Crippen molar-refractivity contribution in [2.75, 3.05) is 47.0 Å². The van der Waals surface area contributed by atoms with Crippen molar-refractivity contribution in [3.63, 3.8) is 0 Å². The number of benzene rings is 1. The van der Waals surface area contributed by atoms with Gasteiger partial charge in [0.15, 0.2) is 0 Å². The van der Waals surface area contributed by atoms with E-state index in [0.717, 1.165) is 38.4 Å². The fraction of sp³-hybridized carbons (Fsp3) is 0.625. The highest BCUT2D eigenvalue weighted by Crippen LogP contribution is 2.11. The molecule has 0 aromatic heterocycles. The molecule has 0 radical (unpaired) electrons. The number of nitrogens with one attached hydrogen (secondary N) is 1. The zero-order valence-electron chi connectivity index (χ0n) is 13.0. The van der Waals surface area contributed by atoms with Gasteiger partial charge in [-0.15, -0.1) is 0 Å². The Morgan fingerprint density at radius 2 is 1.80 bits per heavy atom. The molecular formula is C16H28N2O2. The summed E-state index contributed by atoms with van der Waals surface area (Å²) in [6, 6.07) is 8.24. The molecule has 0 aliphatic carbocycles. The van der Waals surface area contributed by atoms with Crippen molar-refractivity contribution in [2.45, 2.75) is 19.9 Å². The fourth-order valence-corrected chi connectivity index (χ4v) is 1.68. The van der Waals surface area contributed by atoms with Gasteiger partial charge in [0.05, 0.1) is 13.2 Å². The van der Waals surface area contributed by atoms with Crippen LogP contribution in [-0.2, 0) is 11.3 Å². The van der Waals surface area contributed by atoms with E-state index in [1.165, 1.54) is 5.56 Å². The molecule has 1 aromatic carbocycles. The molecule has 0 aliphatic heterocycles. The Hall–Kier alpha value is -1.10. The second-order valence-electron chi connectivity index (χ2n) is 5.08. The number of hydrogen-bond acceptors (Lipinski definition) is 4. The van der Waals surface area contributed by atoms with E-state index in [2.05, 4.69) is 29.3 Å². The summed E-state index contributed by atoms with van der Waals surface area (Å²) in [6.45, 7) is 7.07. The second kappa shape index (κ2) is 10.7. The van der Waals surface area contributed by atoms with Crippen molar-refractivity contribution in [3.8, 4) is 5.75 Å². The number of hydrogen-bond donors (Lipinski definition) is 1. The van der Waals surface area contributed by atoms with E-state index in [9.17, 15) is 0 Å². The SMILES string of the molecule is CCCNCc1ccc(OCCOCCN(C)C)cc1. The van der Waals surface area contributed by atoms with Crippen LogP contribution in [0.2, 0.25) is 0 Å². The summed E-state index contributed by atoms with van der Waals surface area (Å²) in [4.78, 5) is 2.10. The van der Waals surface area contributed by atoms with Gasteiger partial charge in [-0.25, -0.2) is 0 Å². The Balaban J connectivity index is 2.11. The van der Waals surface area contributed by atoms with E-state index in [-0.39, 0.29) is 0 Å². The first kappa shape index (κ1) is 17.0. The molecule has 1 N–H and O–H groups in total. The Morgan fingerprint density at radius 3 is 2.45 bits per heavy atom. The molecule has 0 heterocycles. The van der Waals surface area contributed by atoms with Crippen LogP contribution in [0.25, 0.3) is 0 Å². The molecule has 114 valence electrons. The average molecular weight is 280 g/mol. The molecule has 0 spiro atoms. The summed E-state index contributed by atoms with van der Waals surface area (Å²) in [5.74, 6) is 0.903. The first-order chi connectivity index (χ1) is 9.72. The molecule has 0 bridgehead atoms. The van der Waals surface area contributed by atoms with Crippen molar-refractivity contribution < 1.29 is 9.47 Å². The minimum atomic E-state index is 0.598. The van der Waals surface area contributed by atoms with Crippen LogP contribution >= 0.6 is 0 Å². The Kier molecular flexibility index (Phi) is 9.04. The van der Waals surface area contributed by atoms with Gasteiger partial charge in [0.2, 0.25) is 0 Å². The zero-order valence-corrected chi connectivity index (χ0v) is 13.0. The number of nitrogens with zero attached hydrogens (tertiary/aromatic N) is 1. The van der Waals surface area contributed by atoms with E-state index >= 15 is 0 Å². The fourth-order valence-electron chi connectivity index (χ4n) is 1.68. The third-order valence-corrected chi connectivity index (χ3v) is 2.86.